The number of aromatic nitrogens is 2. The molecule has 460 valence electrons. The first-order valence-electron chi connectivity index (χ1n) is 35.7. The van der Waals surface area contributed by atoms with Gasteiger partial charge in [0.15, 0.2) is 0 Å². The molecule has 0 unspecified atom stereocenters. The Kier molecular flexibility index (Phi) is 13.1. The van der Waals surface area contributed by atoms with Crippen LogP contribution in [0.5, 0.6) is 11.5 Å². The molecular weight excluding hydrogens is 1280 g/mol. The molecule has 2 aliphatic rings. The number of fused-ring (bicyclic) bond motifs is 5. The van der Waals surface area contributed by atoms with Crippen LogP contribution in [0.2, 0.25) is 0 Å². The Morgan fingerprint density at radius 2 is 1.07 bits per heavy atom. The molecule has 6 heteroatoms. The van der Waals surface area contributed by atoms with E-state index in [1.807, 2.05) is 39.0 Å². The van der Waals surface area contributed by atoms with Gasteiger partial charge in [0.05, 0.1) is 12.3 Å². The fourth-order valence-electron chi connectivity index (χ4n) is 12.9. The molecule has 9 aromatic carbocycles. The number of ether oxygens (including phenoxy) is 1. The van der Waals surface area contributed by atoms with Crippen molar-refractivity contribution in [2.75, 3.05) is 9.80 Å². The summed E-state index contributed by atoms with van der Waals surface area (Å²) in [5, 5.41) is 0.735. The number of nitrogens with zero attached hydrogens (tertiary/aromatic N) is 4. The van der Waals surface area contributed by atoms with Gasteiger partial charge in [0.1, 0.15) is 5.82 Å². The van der Waals surface area contributed by atoms with Gasteiger partial charge in [0.25, 0.3) is 0 Å². The molecule has 11 aromatic rings. The molecule has 0 N–H and O–H groups in total. The topological polar surface area (TPSA) is 33.5 Å². The number of hydrogen-bond donors (Lipinski definition) is 0. The van der Waals surface area contributed by atoms with Crippen LogP contribution in [0.25, 0.3) is 72.1 Å². The van der Waals surface area contributed by atoms with Crippen LogP contribution in [-0.4, -0.2) is 9.55 Å². The normalized spacial score (nSPS) is 16.2. The predicted octanol–water partition coefficient (Wildman–Crippen LogP) is 23.2. The first-order valence-corrected chi connectivity index (χ1v) is 31.2. The zero-order valence-electron chi connectivity index (χ0n) is 63.8. The molecule has 1 aliphatic carbocycles. The van der Waals surface area contributed by atoms with E-state index in [0.717, 1.165) is 57.7 Å². The van der Waals surface area contributed by atoms with Gasteiger partial charge in [0.2, 0.25) is 0 Å². The van der Waals surface area contributed by atoms with E-state index in [0.29, 0.717) is 33.5 Å². The molecule has 90 heavy (non-hydrogen) atoms. The number of anilines is 4. The average molecular weight is 1370 g/mol. The van der Waals surface area contributed by atoms with Crippen LogP contribution >= 0.6 is 0 Å². The average Bonchev–Trinajstić information content (AvgIpc) is 1.62. The van der Waals surface area contributed by atoms with E-state index in [1.54, 1.807) is 22.8 Å². The van der Waals surface area contributed by atoms with Crippen LogP contribution in [0.15, 0.2) is 194 Å². The number of rotatable bonds is 9. The number of para-hydroxylation sites is 3. The summed E-state index contributed by atoms with van der Waals surface area (Å²) in [6, 6.07) is 51.4. The minimum absolute atomic E-state index is 0. The first kappa shape index (κ1) is 51.7. The minimum atomic E-state index is -0.682. The summed E-state index contributed by atoms with van der Waals surface area (Å²) < 4.78 is 87.9. The van der Waals surface area contributed by atoms with Crippen molar-refractivity contribution in [3.05, 3.63) is 246 Å². The van der Waals surface area contributed by atoms with Gasteiger partial charge in [-0.25, -0.2) is 4.98 Å². The van der Waals surface area contributed by atoms with Crippen molar-refractivity contribution in [2.45, 2.75) is 156 Å². The summed E-state index contributed by atoms with van der Waals surface area (Å²) in [7, 11) is 0. The monoisotopic (exact) mass is 1370 g/mol. The Balaban J connectivity index is 0.00000931. The van der Waals surface area contributed by atoms with E-state index in [2.05, 4.69) is 216 Å². The summed E-state index contributed by atoms with van der Waals surface area (Å²) in [5.41, 5.74) is 17.6. The van der Waals surface area contributed by atoms with Gasteiger partial charge in [-0.1, -0.05) is 237 Å². The molecule has 0 fully saturated rings. The minimum Gasteiger partial charge on any atom is -0.509 e. The third kappa shape index (κ3) is 11.5. The SMILES string of the molecule is [2H]c1c([2H])c([2H])c(-c2cnc(-n3c4[c-]c(Oc5[c-]c(N6[CH-]N(c7c(-c8ccc(-c9cc(C(C)(C)C)cc(C(C)(C)C)c9)cc8)cc(C(C)(C)C)cc7-c7ccc8c(c7)C(C)(C)CCC8(C)C)c7ccccc76)ccc5)ccc4c4c([2H])c([2H])c([2H])c([2H])c43)cc2C(C)(C)C)c([2H])c1[2H].[Pt]. The Morgan fingerprint density at radius 1 is 0.489 bits per heavy atom. The molecule has 13 rings (SSSR count). The van der Waals surface area contributed by atoms with Gasteiger partial charge < -0.3 is 19.1 Å². The fourth-order valence-corrected chi connectivity index (χ4v) is 12.9. The maximum Gasteiger partial charge on any atom is 0.135 e. The Hall–Kier alpha value is -7.98. The third-order valence-electron chi connectivity index (χ3n) is 18.4. The summed E-state index contributed by atoms with van der Waals surface area (Å²) in [4.78, 5) is 9.39. The van der Waals surface area contributed by atoms with Crippen molar-refractivity contribution in [2.24, 2.45) is 0 Å². The molecule has 0 amide bonds. The third-order valence-corrected chi connectivity index (χ3v) is 18.4. The fraction of sp³-hybridized carbons (Fsp3) is 0.286. The van der Waals surface area contributed by atoms with Gasteiger partial charge in [0, 0.05) is 78.0 Å². The predicted molar refractivity (Wildman–Crippen MR) is 376 cm³/mol. The molecule has 2 aromatic heterocycles. The quantitative estimate of drug-likeness (QED) is 0.135. The molecule has 0 saturated carbocycles. The van der Waals surface area contributed by atoms with Crippen molar-refractivity contribution >= 4 is 44.6 Å². The zero-order valence-corrected chi connectivity index (χ0v) is 57.1. The van der Waals surface area contributed by atoms with E-state index >= 15 is 0 Å². The number of pyridine rings is 1. The molecule has 0 spiro atoms. The van der Waals surface area contributed by atoms with E-state index in [9.17, 15) is 2.74 Å². The van der Waals surface area contributed by atoms with Crippen LogP contribution in [0.1, 0.15) is 169 Å². The first-order chi connectivity index (χ1) is 45.8. The second kappa shape index (κ2) is 22.7. The molecule has 3 heterocycles. The summed E-state index contributed by atoms with van der Waals surface area (Å²) in [6.07, 6.45) is 3.68. The van der Waals surface area contributed by atoms with Crippen LogP contribution in [-0.2, 0) is 53.6 Å². The maximum absolute atomic E-state index is 9.36. The van der Waals surface area contributed by atoms with E-state index in [-0.39, 0.29) is 100 Å². The van der Waals surface area contributed by atoms with Gasteiger partial charge in [-0.3, -0.25) is 0 Å². The second-order valence-electron chi connectivity index (χ2n) is 29.9. The van der Waals surface area contributed by atoms with Crippen molar-refractivity contribution in [3.8, 4) is 61.8 Å². The summed E-state index contributed by atoms with van der Waals surface area (Å²) in [5.74, 6) is 0.916. The van der Waals surface area contributed by atoms with Gasteiger partial charge >= 0.3 is 0 Å². The number of hydrogen-bond acceptors (Lipinski definition) is 4. The Morgan fingerprint density at radius 3 is 1.72 bits per heavy atom. The Bertz CT molecular complexity index is 5040. The van der Waals surface area contributed by atoms with Crippen LogP contribution in [0.3, 0.4) is 0 Å². The smallest absolute Gasteiger partial charge is 0.135 e. The van der Waals surface area contributed by atoms with E-state index < -0.39 is 35.6 Å². The Labute approximate surface area is 563 Å². The maximum atomic E-state index is 9.36. The second-order valence-corrected chi connectivity index (χ2v) is 29.9. The molecule has 0 bridgehead atoms. The zero-order chi connectivity index (χ0) is 70.6. The van der Waals surface area contributed by atoms with Gasteiger partial charge in [-0.05, 0) is 148 Å². The van der Waals surface area contributed by atoms with Crippen LogP contribution < -0.4 is 14.5 Å². The molecule has 5 nitrogen and oxygen atoms in total. The molecule has 0 saturated heterocycles. The van der Waals surface area contributed by atoms with Crippen molar-refractivity contribution in [1.82, 2.24) is 9.55 Å². The molecular formula is C84H85N4OPt-3. The molecule has 0 atom stereocenters. The summed E-state index contributed by atoms with van der Waals surface area (Å²) in [6.45, 7) is 38.2. The van der Waals surface area contributed by atoms with Gasteiger partial charge in [-0.2, -0.15) is 12.1 Å². The molecule has 0 radical (unpaired) electrons. The molecule has 1 aliphatic heterocycles. The largest absolute Gasteiger partial charge is 0.509 e. The number of benzene rings is 9. The van der Waals surface area contributed by atoms with Crippen molar-refractivity contribution in [1.29, 1.82) is 0 Å². The van der Waals surface area contributed by atoms with Crippen LogP contribution in [0, 0.1) is 18.8 Å². The van der Waals surface area contributed by atoms with Crippen molar-refractivity contribution < 1.29 is 38.1 Å². The van der Waals surface area contributed by atoms with Crippen LogP contribution in [0.4, 0.5) is 22.7 Å². The van der Waals surface area contributed by atoms with Gasteiger partial charge in [-0.15, -0.1) is 48.1 Å². The standard InChI is InChI=1S/C84H85N4O.Pt/c1-79(2,3)59-43-58(44-60(46-59)80(4,5)6)54-33-35-56(36-34-54)67-47-61(81(7,8)9)48-68(57-37-40-70-72(45-57)84(15,16)42-41-83(70,13)14)78(67)87-53-86(74-31-22-23-32-75(74)87)62-27-24-28-63(49-62)89-64-38-39-66-65-29-20-21-30-73(65)88(76(66)50-64)77-51-71(82(10,11)12)69(52-85-77)55-25-18-17-19-26-55;/h17-40,43-48,51-53H,41-42H2,1-16H3;/q-3;/i17D,18D,19D,20D,21D,25D,26D,29D,30D;. The van der Waals surface area contributed by atoms with E-state index in [1.165, 1.54) is 39.6 Å². The summed E-state index contributed by atoms with van der Waals surface area (Å²) >= 11 is 0. The van der Waals surface area contributed by atoms with E-state index in [4.69, 9.17) is 19.3 Å². The van der Waals surface area contributed by atoms with Crippen molar-refractivity contribution in [3.63, 3.8) is 0 Å².